The molecule has 6 nitrogen and oxygen atoms in total. The second kappa shape index (κ2) is 5.96. The average molecular weight is 270 g/mol. The molecule has 1 aliphatic carbocycles. The lowest BCUT2D eigenvalue weighted by Crippen LogP contribution is -2.64. The van der Waals surface area contributed by atoms with E-state index in [2.05, 4.69) is 0 Å². The lowest BCUT2D eigenvalue weighted by molar-refractivity contribution is -0.237. The van der Waals surface area contributed by atoms with Gasteiger partial charge in [0.15, 0.2) is 0 Å². The molecule has 0 radical (unpaired) electrons. The van der Waals surface area contributed by atoms with Crippen LogP contribution in [0.5, 0.6) is 0 Å². The zero-order chi connectivity index (χ0) is 14.0. The minimum atomic E-state index is -1.60. The fourth-order valence-corrected chi connectivity index (χ4v) is 2.16. The number of benzene rings is 1. The molecule has 1 fully saturated rings. The maximum Gasteiger partial charge on any atom is 0.115 e. The Balaban J connectivity index is 2.02. The van der Waals surface area contributed by atoms with Crippen LogP contribution in [-0.4, -0.2) is 62.2 Å². The molecule has 0 unspecified atom stereocenters. The molecule has 0 spiro atoms. The highest BCUT2D eigenvalue weighted by molar-refractivity contribution is 5.13. The number of hydrogen-bond acceptors (Lipinski definition) is 6. The Bertz CT molecular complexity index is 381. The van der Waals surface area contributed by atoms with Crippen molar-refractivity contribution in [2.75, 3.05) is 0 Å². The smallest absolute Gasteiger partial charge is 0.115 e. The van der Waals surface area contributed by atoms with E-state index in [1.54, 1.807) is 0 Å². The van der Waals surface area contributed by atoms with E-state index in [9.17, 15) is 25.5 Å². The van der Waals surface area contributed by atoms with E-state index in [0.717, 1.165) is 5.56 Å². The Hall–Kier alpha value is -1.02. The summed E-state index contributed by atoms with van der Waals surface area (Å²) in [6.45, 7) is 0.120. The van der Waals surface area contributed by atoms with Gasteiger partial charge in [0, 0.05) is 0 Å². The van der Waals surface area contributed by atoms with Gasteiger partial charge in [0.2, 0.25) is 0 Å². The molecule has 5 N–H and O–H groups in total. The summed E-state index contributed by atoms with van der Waals surface area (Å²) in [5.74, 6) is 0. The van der Waals surface area contributed by atoms with Crippen molar-refractivity contribution >= 4 is 0 Å². The van der Waals surface area contributed by atoms with Crippen molar-refractivity contribution in [3.8, 4) is 0 Å². The molecule has 0 amide bonds. The van der Waals surface area contributed by atoms with Gasteiger partial charge in [-0.2, -0.15) is 0 Å². The van der Waals surface area contributed by atoms with Gasteiger partial charge in [0.1, 0.15) is 36.6 Å². The number of rotatable bonds is 3. The van der Waals surface area contributed by atoms with Crippen LogP contribution in [0, 0.1) is 0 Å². The molecule has 1 aromatic carbocycles. The highest BCUT2D eigenvalue weighted by Gasteiger charge is 2.48. The molecular weight excluding hydrogens is 252 g/mol. The Morgan fingerprint density at radius 2 is 1.21 bits per heavy atom. The molecule has 0 bridgehead atoms. The monoisotopic (exact) mass is 270 g/mol. The van der Waals surface area contributed by atoms with Crippen molar-refractivity contribution in [3.63, 3.8) is 0 Å². The number of aliphatic hydroxyl groups excluding tert-OH is 5. The predicted molar refractivity (Wildman–Crippen MR) is 65.1 cm³/mol. The van der Waals surface area contributed by atoms with Crippen LogP contribution >= 0.6 is 0 Å². The third kappa shape index (κ3) is 2.94. The molecular formula is C13H18O6. The van der Waals surface area contributed by atoms with Crippen LogP contribution in [0.1, 0.15) is 5.56 Å². The van der Waals surface area contributed by atoms with Crippen LogP contribution in [0.2, 0.25) is 0 Å². The van der Waals surface area contributed by atoms with Gasteiger partial charge >= 0.3 is 0 Å². The fraction of sp³-hybridized carbons (Fsp3) is 0.538. The van der Waals surface area contributed by atoms with E-state index >= 15 is 0 Å². The molecule has 0 saturated heterocycles. The lowest BCUT2D eigenvalue weighted by atomic mass is 9.85. The Labute approximate surface area is 110 Å². The second-order valence-electron chi connectivity index (χ2n) is 4.71. The van der Waals surface area contributed by atoms with Gasteiger partial charge in [-0.1, -0.05) is 30.3 Å². The highest BCUT2D eigenvalue weighted by Crippen LogP contribution is 2.24. The number of hydrogen-bond donors (Lipinski definition) is 5. The van der Waals surface area contributed by atoms with Crippen LogP contribution in [0.4, 0.5) is 0 Å². The van der Waals surface area contributed by atoms with E-state index < -0.39 is 36.6 Å². The molecule has 1 aliphatic rings. The Kier molecular flexibility index (Phi) is 4.51. The molecule has 6 atom stereocenters. The van der Waals surface area contributed by atoms with E-state index in [1.165, 1.54) is 0 Å². The maximum absolute atomic E-state index is 9.77. The second-order valence-corrected chi connectivity index (χ2v) is 4.71. The van der Waals surface area contributed by atoms with Crippen molar-refractivity contribution in [2.45, 2.75) is 43.2 Å². The van der Waals surface area contributed by atoms with Gasteiger partial charge in [-0.3, -0.25) is 0 Å². The maximum atomic E-state index is 9.77. The van der Waals surface area contributed by atoms with Gasteiger partial charge in [0.05, 0.1) is 6.61 Å². The molecule has 2 rings (SSSR count). The van der Waals surface area contributed by atoms with Crippen LogP contribution in [-0.2, 0) is 11.3 Å². The van der Waals surface area contributed by atoms with Crippen molar-refractivity contribution in [2.24, 2.45) is 0 Å². The summed E-state index contributed by atoms with van der Waals surface area (Å²) in [5, 5.41) is 48.1. The SMILES string of the molecule is O[C@@H]1[C@@H](O)[C@H](O)[C@H](OCc2ccccc2)[C@H](O)[C@H]1O. The van der Waals surface area contributed by atoms with Crippen molar-refractivity contribution in [1.29, 1.82) is 0 Å². The minimum absolute atomic E-state index is 0.120. The summed E-state index contributed by atoms with van der Waals surface area (Å²) in [6, 6.07) is 9.10. The van der Waals surface area contributed by atoms with Gasteiger partial charge in [0.25, 0.3) is 0 Å². The Morgan fingerprint density at radius 1 is 0.737 bits per heavy atom. The first-order valence-electron chi connectivity index (χ1n) is 6.08. The van der Waals surface area contributed by atoms with Crippen LogP contribution in [0.25, 0.3) is 0 Å². The van der Waals surface area contributed by atoms with Crippen LogP contribution < -0.4 is 0 Å². The van der Waals surface area contributed by atoms with E-state index in [4.69, 9.17) is 4.74 Å². The largest absolute Gasteiger partial charge is 0.387 e. The first kappa shape index (κ1) is 14.4. The van der Waals surface area contributed by atoms with Crippen LogP contribution in [0.15, 0.2) is 30.3 Å². The third-order valence-electron chi connectivity index (χ3n) is 3.36. The summed E-state index contributed by atoms with van der Waals surface area (Å²) >= 11 is 0. The molecule has 0 aromatic heterocycles. The van der Waals surface area contributed by atoms with Crippen molar-refractivity contribution in [3.05, 3.63) is 35.9 Å². The summed E-state index contributed by atoms with van der Waals surface area (Å²) in [7, 11) is 0. The molecule has 19 heavy (non-hydrogen) atoms. The molecule has 0 heterocycles. The number of aliphatic hydroxyl groups is 5. The summed E-state index contributed by atoms with van der Waals surface area (Å²) in [6.07, 6.45) is -8.79. The molecule has 0 aliphatic heterocycles. The predicted octanol–water partition coefficient (Wildman–Crippen LogP) is -1.61. The van der Waals surface area contributed by atoms with Crippen LogP contribution in [0.3, 0.4) is 0 Å². The molecule has 6 heteroatoms. The molecule has 106 valence electrons. The fourth-order valence-electron chi connectivity index (χ4n) is 2.16. The van der Waals surface area contributed by atoms with Gasteiger partial charge < -0.3 is 30.3 Å². The molecule has 1 saturated carbocycles. The highest BCUT2D eigenvalue weighted by atomic mass is 16.5. The first-order chi connectivity index (χ1) is 9.02. The first-order valence-corrected chi connectivity index (χ1v) is 6.08. The van der Waals surface area contributed by atoms with Gasteiger partial charge in [-0.25, -0.2) is 0 Å². The van der Waals surface area contributed by atoms with Crippen molar-refractivity contribution < 1.29 is 30.3 Å². The van der Waals surface area contributed by atoms with E-state index in [-0.39, 0.29) is 6.61 Å². The standard InChI is InChI=1S/C13H18O6/c14-8-9(15)11(17)13(12(18)10(8)16)19-6-7-4-2-1-3-5-7/h1-5,8-18H,6H2/t8-,9-,10+,11+,12-,13+. The van der Waals surface area contributed by atoms with Gasteiger partial charge in [-0.15, -0.1) is 0 Å². The average Bonchev–Trinajstić information content (AvgIpc) is 2.44. The summed E-state index contributed by atoms with van der Waals surface area (Å²) < 4.78 is 5.35. The van der Waals surface area contributed by atoms with E-state index in [0.29, 0.717) is 0 Å². The van der Waals surface area contributed by atoms with E-state index in [1.807, 2.05) is 30.3 Å². The minimum Gasteiger partial charge on any atom is -0.387 e. The van der Waals surface area contributed by atoms with Crippen molar-refractivity contribution in [1.82, 2.24) is 0 Å². The summed E-state index contributed by atoms with van der Waals surface area (Å²) in [5.41, 5.74) is 0.831. The molecule has 1 aromatic rings. The lowest BCUT2D eigenvalue weighted by Gasteiger charge is -2.41. The van der Waals surface area contributed by atoms with Gasteiger partial charge in [-0.05, 0) is 5.56 Å². The summed E-state index contributed by atoms with van der Waals surface area (Å²) in [4.78, 5) is 0. The zero-order valence-electron chi connectivity index (χ0n) is 10.2. The third-order valence-corrected chi connectivity index (χ3v) is 3.36. The topological polar surface area (TPSA) is 110 Å². The normalized spacial score (nSPS) is 39.2. The Morgan fingerprint density at radius 3 is 1.74 bits per heavy atom. The quantitative estimate of drug-likeness (QED) is 0.452. The zero-order valence-corrected chi connectivity index (χ0v) is 10.2. The number of ether oxygens (including phenoxy) is 1.